The van der Waals surface area contributed by atoms with Crippen molar-refractivity contribution in [2.24, 2.45) is 0 Å². The van der Waals surface area contributed by atoms with Crippen molar-refractivity contribution in [1.82, 2.24) is 5.32 Å². The number of methoxy groups -OCH3 is 2. The summed E-state index contributed by atoms with van der Waals surface area (Å²) in [5.74, 6) is 0. The Hall–Kier alpha value is -0.200. The van der Waals surface area contributed by atoms with E-state index in [1.54, 1.807) is 14.2 Å². The van der Waals surface area contributed by atoms with E-state index in [9.17, 15) is 0 Å². The third-order valence-electron chi connectivity index (χ3n) is 2.62. The van der Waals surface area contributed by atoms with E-state index in [1.165, 1.54) is 6.42 Å². The summed E-state index contributed by atoms with van der Waals surface area (Å²) in [4.78, 5) is 0. The first-order valence-electron chi connectivity index (χ1n) is 5.76. The summed E-state index contributed by atoms with van der Waals surface area (Å²) in [5, 5.41) is 3.51. The Balaban J connectivity index is 2.09. The first kappa shape index (κ1) is 13.9. The van der Waals surface area contributed by atoms with Gasteiger partial charge in [0.15, 0.2) is 0 Å². The molecule has 0 aromatic rings. The first-order valence-corrected chi connectivity index (χ1v) is 5.76. The molecule has 5 heteroatoms. The molecule has 0 aromatic carbocycles. The zero-order chi connectivity index (χ0) is 11.6. The molecule has 1 rings (SSSR count). The number of ether oxygens (including phenoxy) is 4. The average molecular weight is 233 g/mol. The second kappa shape index (κ2) is 8.90. The summed E-state index contributed by atoms with van der Waals surface area (Å²) >= 11 is 0. The third kappa shape index (κ3) is 5.77. The van der Waals surface area contributed by atoms with Crippen LogP contribution in [0.5, 0.6) is 0 Å². The maximum Gasteiger partial charge on any atom is 0.146 e. The Morgan fingerprint density at radius 2 is 1.44 bits per heavy atom. The number of hydrogen-bond donors (Lipinski definition) is 1. The molecule has 0 spiro atoms. The predicted octanol–water partition coefficient (Wildman–Crippen LogP) is 0.738. The van der Waals surface area contributed by atoms with Gasteiger partial charge in [0.1, 0.15) is 13.6 Å². The van der Waals surface area contributed by atoms with Gasteiger partial charge in [-0.1, -0.05) is 6.42 Å². The standard InChI is InChI=1S/C11H23NO4/c1-13-8-15-6-10-4-3-5-11(12-10)7-16-9-14-2/h10-12H,3-9H2,1-2H3/t10-,11-/m0/s1. The summed E-state index contributed by atoms with van der Waals surface area (Å²) in [6.07, 6.45) is 3.53. The minimum atomic E-state index is 0.364. The van der Waals surface area contributed by atoms with Crippen LogP contribution in [-0.4, -0.2) is 53.1 Å². The van der Waals surface area contributed by atoms with Crippen LogP contribution in [0.2, 0.25) is 0 Å². The fourth-order valence-electron chi connectivity index (χ4n) is 1.92. The largest absolute Gasteiger partial charge is 0.359 e. The van der Waals surface area contributed by atoms with Crippen LogP contribution in [0.25, 0.3) is 0 Å². The van der Waals surface area contributed by atoms with Crippen LogP contribution in [0.1, 0.15) is 19.3 Å². The van der Waals surface area contributed by atoms with Gasteiger partial charge in [-0.3, -0.25) is 0 Å². The number of piperidine rings is 1. The van der Waals surface area contributed by atoms with Crippen LogP contribution in [0.15, 0.2) is 0 Å². The average Bonchev–Trinajstić information content (AvgIpc) is 2.30. The second-order valence-electron chi connectivity index (χ2n) is 4.05. The third-order valence-corrected chi connectivity index (χ3v) is 2.62. The van der Waals surface area contributed by atoms with Crippen molar-refractivity contribution in [3.63, 3.8) is 0 Å². The highest BCUT2D eigenvalue weighted by atomic mass is 16.7. The molecule has 1 heterocycles. The molecule has 0 aromatic heterocycles. The zero-order valence-electron chi connectivity index (χ0n) is 10.2. The summed E-state index contributed by atoms with van der Waals surface area (Å²) in [5.41, 5.74) is 0. The Bertz CT molecular complexity index is 152. The van der Waals surface area contributed by atoms with Gasteiger partial charge in [0, 0.05) is 26.3 Å². The molecule has 5 nitrogen and oxygen atoms in total. The molecule has 0 bridgehead atoms. The van der Waals surface area contributed by atoms with E-state index in [1.807, 2.05) is 0 Å². The lowest BCUT2D eigenvalue weighted by Crippen LogP contribution is -2.47. The van der Waals surface area contributed by atoms with Crippen LogP contribution in [-0.2, 0) is 18.9 Å². The van der Waals surface area contributed by atoms with E-state index in [4.69, 9.17) is 18.9 Å². The van der Waals surface area contributed by atoms with Gasteiger partial charge in [-0.05, 0) is 12.8 Å². The second-order valence-corrected chi connectivity index (χ2v) is 4.05. The molecule has 1 aliphatic heterocycles. The van der Waals surface area contributed by atoms with Crippen molar-refractivity contribution >= 4 is 0 Å². The maximum absolute atomic E-state index is 5.35. The van der Waals surface area contributed by atoms with Gasteiger partial charge in [0.2, 0.25) is 0 Å². The van der Waals surface area contributed by atoms with Crippen molar-refractivity contribution in [2.75, 3.05) is 41.0 Å². The van der Waals surface area contributed by atoms with Crippen molar-refractivity contribution in [1.29, 1.82) is 0 Å². The van der Waals surface area contributed by atoms with Gasteiger partial charge in [-0.15, -0.1) is 0 Å². The molecule has 1 saturated heterocycles. The monoisotopic (exact) mass is 233 g/mol. The molecule has 1 aliphatic rings. The number of rotatable bonds is 8. The molecule has 16 heavy (non-hydrogen) atoms. The van der Waals surface area contributed by atoms with Crippen molar-refractivity contribution < 1.29 is 18.9 Å². The Labute approximate surface area is 97.4 Å². The highest BCUT2D eigenvalue weighted by molar-refractivity contribution is 4.79. The molecule has 96 valence electrons. The topological polar surface area (TPSA) is 49.0 Å². The van der Waals surface area contributed by atoms with Gasteiger partial charge in [-0.2, -0.15) is 0 Å². The molecule has 0 unspecified atom stereocenters. The first-order chi connectivity index (χ1) is 7.86. The minimum Gasteiger partial charge on any atom is -0.359 e. The molecule has 0 amide bonds. The lowest BCUT2D eigenvalue weighted by molar-refractivity contribution is -0.0539. The molecule has 0 radical (unpaired) electrons. The highest BCUT2D eigenvalue weighted by Gasteiger charge is 2.20. The normalized spacial score (nSPS) is 25.9. The molecule has 1 fully saturated rings. The highest BCUT2D eigenvalue weighted by Crippen LogP contribution is 2.13. The van der Waals surface area contributed by atoms with Crippen molar-refractivity contribution in [3.05, 3.63) is 0 Å². The lowest BCUT2D eigenvalue weighted by Gasteiger charge is -2.30. The molecular weight excluding hydrogens is 210 g/mol. The number of hydrogen-bond acceptors (Lipinski definition) is 5. The quantitative estimate of drug-likeness (QED) is 0.495. The van der Waals surface area contributed by atoms with E-state index in [2.05, 4.69) is 5.32 Å². The molecule has 1 N–H and O–H groups in total. The van der Waals surface area contributed by atoms with Gasteiger partial charge >= 0.3 is 0 Å². The Morgan fingerprint density at radius 3 is 1.88 bits per heavy atom. The van der Waals surface area contributed by atoms with E-state index in [0.717, 1.165) is 12.8 Å². The molecule has 0 aliphatic carbocycles. The van der Waals surface area contributed by atoms with Gasteiger partial charge in [0.05, 0.1) is 13.2 Å². The lowest BCUT2D eigenvalue weighted by atomic mass is 9.99. The van der Waals surface area contributed by atoms with Gasteiger partial charge in [0.25, 0.3) is 0 Å². The van der Waals surface area contributed by atoms with Crippen LogP contribution in [0.3, 0.4) is 0 Å². The Morgan fingerprint density at radius 1 is 0.938 bits per heavy atom. The summed E-state index contributed by atoms with van der Waals surface area (Å²) in [7, 11) is 3.27. The van der Waals surface area contributed by atoms with Crippen LogP contribution >= 0.6 is 0 Å². The fourth-order valence-corrected chi connectivity index (χ4v) is 1.92. The predicted molar refractivity (Wildman–Crippen MR) is 60.2 cm³/mol. The summed E-state index contributed by atoms with van der Waals surface area (Å²) in [6.45, 7) is 2.13. The van der Waals surface area contributed by atoms with Gasteiger partial charge in [-0.25, -0.2) is 0 Å². The van der Waals surface area contributed by atoms with E-state index in [0.29, 0.717) is 38.9 Å². The van der Waals surface area contributed by atoms with E-state index in [-0.39, 0.29) is 0 Å². The zero-order valence-corrected chi connectivity index (χ0v) is 10.2. The van der Waals surface area contributed by atoms with E-state index >= 15 is 0 Å². The fraction of sp³-hybridized carbons (Fsp3) is 1.00. The maximum atomic E-state index is 5.35. The van der Waals surface area contributed by atoms with Crippen molar-refractivity contribution in [2.45, 2.75) is 31.3 Å². The minimum absolute atomic E-state index is 0.364. The van der Waals surface area contributed by atoms with Crippen LogP contribution < -0.4 is 5.32 Å². The summed E-state index contributed by atoms with van der Waals surface area (Å²) < 4.78 is 20.4. The summed E-state index contributed by atoms with van der Waals surface area (Å²) in [6, 6.07) is 0.833. The molecular formula is C11H23NO4. The Kier molecular flexibility index (Phi) is 7.71. The van der Waals surface area contributed by atoms with Crippen molar-refractivity contribution in [3.8, 4) is 0 Å². The molecule has 2 atom stereocenters. The van der Waals surface area contributed by atoms with Crippen LogP contribution in [0, 0.1) is 0 Å². The van der Waals surface area contributed by atoms with Crippen LogP contribution in [0.4, 0.5) is 0 Å². The smallest absolute Gasteiger partial charge is 0.146 e. The number of nitrogens with one attached hydrogen (secondary N) is 1. The van der Waals surface area contributed by atoms with Gasteiger partial charge < -0.3 is 24.3 Å². The molecule has 0 saturated carbocycles. The SMILES string of the molecule is COCOC[C@@H]1CCC[C@@H](COCOC)N1. The van der Waals surface area contributed by atoms with E-state index < -0.39 is 0 Å².